The second-order valence-corrected chi connectivity index (χ2v) is 5.00. The van der Waals surface area contributed by atoms with Crippen LogP contribution in [0.15, 0.2) is 0 Å². The van der Waals surface area contributed by atoms with Crippen molar-refractivity contribution in [1.29, 1.82) is 0 Å². The molecule has 4 atom stereocenters. The zero-order valence-corrected chi connectivity index (χ0v) is 10.3. The van der Waals surface area contributed by atoms with Gasteiger partial charge in [-0.05, 0) is 32.1 Å². The van der Waals surface area contributed by atoms with Crippen molar-refractivity contribution in [3.05, 3.63) is 0 Å². The highest BCUT2D eigenvalue weighted by atomic mass is 16.4. The second kappa shape index (κ2) is 6.00. The number of carbonyl (C=O) groups excluding carboxylic acids is 1. The minimum Gasteiger partial charge on any atom is -0.481 e. The molecule has 0 aliphatic heterocycles. The maximum absolute atomic E-state index is 11.9. The summed E-state index contributed by atoms with van der Waals surface area (Å²) in [6.45, 7) is 3.74. The van der Waals surface area contributed by atoms with E-state index in [1.54, 1.807) is 0 Å². The molecular weight excluding hydrogens is 222 g/mol. The highest BCUT2D eigenvalue weighted by Gasteiger charge is 2.34. The molecule has 0 saturated heterocycles. The third-order valence-corrected chi connectivity index (χ3v) is 3.66. The fourth-order valence-corrected chi connectivity index (χ4v) is 2.09. The van der Waals surface area contributed by atoms with Crippen molar-refractivity contribution in [1.82, 2.24) is 5.32 Å². The molecule has 3 N–H and O–H groups in total. The van der Waals surface area contributed by atoms with E-state index < -0.39 is 5.97 Å². The van der Waals surface area contributed by atoms with Crippen LogP contribution in [0.5, 0.6) is 0 Å². The maximum Gasteiger partial charge on any atom is 0.306 e. The van der Waals surface area contributed by atoms with Gasteiger partial charge >= 0.3 is 5.97 Å². The zero-order valence-electron chi connectivity index (χ0n) is 10.3. The van der Waals surface area contributed by atoms with Crippen molar-refractivity contribution >= 4 is 11.9 Å². The molecule has 0 aromatic rings. The molecule has 5 nitrogen and oxygen atoms in total. The lowest BCUT2D eigenvalue weighted by molar-refractivity contribution is -0.141. The summed E-state index contributed by atoms with van der Waals surface area (Å²) in [4.78, 5) is 22.6. The average Bonchev–Trinajstić information content (AvgIpc) is 2.77. The molecule has 0 radical (unpaired) electrons. The molecule has 0 heterocycles. The number of carboxylic acid groups (broad SMARTS) is 1. The lowest BCUT2D eigenvalue weighted by atomic mass is 10.0. The number of aliphatic hydroxyl groups is 1. The van der Waals surface area contributed by atoms with Crippen molar-refractivity contribution in [2.45, 2.75) is 39.2 Å². The lowest BCUT2D eigenvalue weighted by Crippen LogP contribution is -2.41. The summed E-state index contributed by atoms with van der Waals surface area (Å²) in [5.41, 5.74) is 0. The van der Waals surface area contributed by atoms with Gasteiger partial charge in [-0.2, -0.15) is 0 Å². The first kappa shape index (κ1) is 14.0. The summed E-state index contributed by atoms with van der Waals surface area (Å²) in [7, 11) is 0. The van der Waals surface area contributed by atoms with Gasteiger partial charge in [-0.1, -0.05) is 6.92 Å². The van der Waals surface area contributed by atoms with Crippen LogP contribution in [-0.2, 0) is 9.59 Å². The maximum atomic E-state index is 11.9. The van der Waals surface area contributed by atoms with Crippen molar-refractivity contribution in [3.63, 3.8) is 0 Å². The SMILES string of the molecule is CC(CO)C(C)NC(=O)[C@@H]1CC[C@H](C(=O)O)C1. The minimum atomic E-state index is -0.808. The molecule has 5 heteroatoms. The predicted octanol–water partition coefficient (Wildman–Crippen LogP) is 0.620. The van der Waals surface area contributed by atoms with E-state index in [0.29, 0.717) is 19.3 Å². The Kier molecular flexibility index (Phi) is 4.93. The van der Waals surface area contributed by atoms with Gasteiger partial charge in [0.05, 0.1) is 5.92 Å². The van der Waals surface area contributed by atoms with Crippen molar-refractivity contribution in [3.8, 4) is 0 Å². The van der Waals surface area contributed by atoms with Crippen LogP contribution in [0.1, 0.15) is 33.1 Å². The Balaban J connectivity index is 2.42. The second-order valence-electron chi connectivity index (χ2n) is 5.00. The Bertz CT molecular complexity index is 292. The molecule has 0 aromatic carbocycles. The van der Waals surface area contributed by atoms with Gasteiger partial charge in [0.15, 0.2) is 0 Å². The Morgan fingerprint density at radius 1 is 1.29 bits per heavy atom. The molecule has 1 rings (SSSR count). The topological polar surface area (TPSA) is 86.6 Å². The molecule has 0 aromatic heterocycles. The number of rotatable bonds is 5. The molecule has 1 saturated carbocycles. The van der Waals surface area contributed by atoms with Crippen LogP contribution >= 0.6 is 0 Å². The Labute approximate surface area is 101 Å². The summed E-state index contributed by atoms with van der Waals surface area (Å²) < 4.78 is 0. The van der Waals surface area contributed by atoms with Crippen LogP contribution in [0.2, 0.25) is 0 Å². The first-order valence-corrected chi connectivity index (χ1v) is 6.09. The fourth-order valence-electron chi connectivity index (χ4n) is 2.09. The molecule has 1 aliphatic rings. The number of hydrogen-bond donors (Lipinski definition) is 3. The van der Waals surface area contributed by atoms with E-state index in [1.807, 2.05) is 13.8 Å². The van der Waals surface area contributed by atoms with E-state index >= 15 is 0 Å². The van der Waals surface area contributed by atoms with Gasteiger partial charge in [0.2, 0.25) is 5.91 Å². The third kappa shape index (κ3) is 3.70. The van der Waals surface area contributed by atoms with E-state index in [4.69, 9.17) is 10.2 Å². The predicted molar refractivity (Wildman–Crippen MR) is 62.3 cm³/mol. The summed E-state index contributed by atoms with van der Waals surface area (Å²) in [5, 5.41) is 20.7. The molecule has 0 bridgehead atoms. The Hall–Kier alpha value is -1.10. The van der Waals surface area contributed by atoms with Gasteiger partial charge in [0, 0.05) is 18.6 Å². The van der Waals surface area contributed by atoms with Gasteiger partial charge in [0.1, 0.15) is 0 Å². The van der Waals surface area contributed by atoms with Crippen molar-refractivity contribution in [2.75, 3.05) is 6.61 Å². The van der Waals surface area contributed by atoms with Gasteiger partial charge < -0.3 is 15.5 Å². The first-order valence-electron chi connectivity index (χ1n) is 6.09. The van der Waals surface area contributed by atoms with Crippen LogP contribution < -0.4 is 5.32 Å². The van der Waals surface area contributed by atoms with Gasteiger partial charge in [-0.15, -0.1) is 0 Å². The summed E-state index contributed by atoms with van der Waals surface area (Å²) in [6.07, 6.45) is 1.65. The minimum absolute atomic E-state index is 0.00984. The van der Waals surface area contributed by atoms with Crippen molar-refractivity contribution < 1.29 is 19.8 Å². The fraction of sp³-hybridized carbons (Fsp3) is 0.833. The molecule has 1 amide bonds. The van der Waals surface area contributed by atoms with Crippen LogP contribution in [0.3, 0.4) is 0 Å². The number of nitrogens with one attached hydrogen (secondary N) is 1. The Morgan fingerprint density at radius 2 is 1.88 bits per heavy atom. The smallest absolute Gasteiger partial charge is 0.306 e. The normalized spacial score (nSPS) is 27.5. The van der Waals surface area contributed by atoms with Crippen LogP contribution in [0, 0.1) is 17.8 Å². The van der Waals surface area contributed by atoms with E-state index in [9.17, 15) is 9.59 Å². The number of aliphatic carboxylic acids is 1. The number of amides is 1. The van der Waals surface area contributed by atoms with Crippen LogP contribution in [0.25, 0.3) is 0 Å². The molecule has 17 heavy (non-hydrogen) atoms. The van der Waals surface area contributed by atoms with E-state index in [2.05, 4.69) is 5.32 Å². The largest absolute Gasteiger partial charge is 0.481 e. The quantitative estimate of drug-likeness (QED) is 0.660. The number of carbonyl (C=O) groups is 2. The summed E-state index contributed by atoms with van der Waals surface area (Å²) in [6, 6.07) is -0.0867. The first-order chi connectivity index (χ1) is 7.95. The molecular formula is C12H21NO4. The monoisotopic (exact) mass is 243 g/mol. The molecule has 98 valence electrons. The van der Waals surface area contributed by atoms with Crippen LogP contribution in [0.4, 0.5) is 0 Å². The Morgan fingerprint density at radius 3 is 2.35 bits per heavy atom. The highest BCUT2D eigenvalue weighted by molar-refractivity contribution is 5.81. The van der Waals surface area contributed by atoms with E-state index in [-0.39, 0.29) is 36.3 Å². The molecule has 2 unspecified atom stereocenters. The average molecular weight is 243 g/mol. The number of hydrogen-bond acceptors (Lipinski definition) is 3. The molecule has 0 spiro atoms. The standard InChI is InChI=1S/C12H21NO4/c1-7(6-14)8(2)13-11(15)9-3-4-10(5-9)12(16)17/h7-10,14H,3-6H2,1-2H3,(H,13,15)(H,16,17)/t7?,8?,9-,10+/m1/s1. The summed E-state index contributed by atoms with van der Waals surface area (Å²) in [5.74, 6) is -1.45. The van der Waals surface area contributed by atoms with Crippen LogP contribution in [-0.4, -0.2) is 34.7 Å². The molecule has 1 aliphatic carbocycles. The number of carboxylic acids is 1. The van der Waals surface area contributed by atoms with E-state index in [0.717, 1.165) is 0 Å². The molecule has 1 fully saturated rings. The van der Waals surface area contributed by atoms with Gasteiger partial charge in [-0.3, -0.25) is 9.59 Å². The number of aliphatic hydroxyl groups excluding tert-OH is 1. The van der Waals surface area contributed by atoms with Gasteiger partial charge in [-0.25, -0.2) is 0 Å². The zero-order chi connectivity index (χ0) is 13.0. The highest BCUT2D eigenvalue weighted by Crippen LogP contribution is 2.31. The van der Waals surface area contributed by atoms with Gasteiger partial charge in [0.25, 0.3) is 0 Å². The van der Waals surface area contributed by atoms with Crippen molar-refractivity contribution in [2.24, 2.45) is 17.8 Å². The van der Waals surface area contributed by atoms with E-state index in [1.165, 1.54) is 0 Å². The lowest BCUT2D eigenvalue weighted by Gasteiger charge is -2.21. The third-order valence-electron chi connectivity index (χ3n) is 3.66. The summed E-state index contributed by atoms with van der Waals surface area (Å²) >= 11 is 0.